The first kappa shape index (κ1) is 63.9. The van der Waals surface area contributed by atoms with Gasteiger partial charge in [-0.3, -0.25) is 9.59 Å². The van der Waals surface area contributed by atoms with Crippen molar-refractivity contribution in [3.8, 4) is 0 Å². The summed E-state index contributed by atoms with van der Waals surface area (Å²) >= 11 is 0. The molecule has 65 heavy (non-hydrogen) atoms. The zero-order valence-electron chi connectivity index (χ0n) is 44.3. The molecule has 0 bridgehead atoms. The van der Waals surface area contributed by atoms with Gasteiger partial charge >= 0.3 is 5.97 Å². The molecule has 0 aromatic carbocycles. The third-order valence-corrected chi connectivity index (χ3v) is 14.2. The number of hydrogen-bond donors (Lipinski definition) is 3. The maximum absolute atomic E-state index is 12.5. The first-order chi connectivity index (χ1) is 32.0. The van der Waals surface area contributed by atoms with Crippen molar-refractivity contribution in [3.63, 3.8) is 0 Å². The molecule has 0 aliphatic rings. The van der Waals surface area contributed by atoms with Gasteiger partial charge in [-0.1, -0.05) is 303 Å². The van der Waals surface area contributed by atoms with Crippen LogP contribution in [0.15, 0.2) is 0 Å². The Kier molecular flexibility index (Phi) is 54.5. The Balaban J connectivity index is 3.44. The second kappa shape index (κ2) is 55.5. The van der Waals surface area contributed by atoms with E-state index in [-0.39, 0.29) is 18.5 Å². The Hall–Kier alpha value is -1.14. The second-order valence-corrected chi connectivity index (χ2v) is 20.7. The molecule has 0 rings (SSSR count). The monoisotopic (exact) mass is 920 g/mol. The van der Waals surface area contributed by atoms with Crippen LogP contribution in [0.1, 0.15) is 341 Å². The van der Waals surface area contributed by atoms with E-state index in [2.05, 4.69) is 19.2 Å². The quantitative estimate of drug-likeness (QED) is 0.0417. The molecule has 0 fully saturated rings. The lowest BCUT2D eigenvalue weighted by molar-refractivity contribution is -0.143. The van der Waals surface area contributed by atoms with Crippen molar-refractivity contribution in [2.24, 2.45) is 0 Å². The Morgan fingerprint density at radius 2 is 0.631 bits per heavy atom. The van der Waals surface area contributed by atoms with Gasteiger partial charge in [-0.15, -0.1) is 0 Å². The van der Waals surface area contributed by atoms with Crippen LogP contribution >= 0.6 is 0 Å². The summed E-state index contributed by atoms with van der Waals surface area (Å²) in [4.78, 5) is 24.6. The Morgan fingerprint density at radius 3 is 0.938 bits per heavy atom. The fraction of sp³-hybridized carbons (Fsp3) is 0.966. The van der Waals surface area contributed by atoms with Gasteiger partial charge in [-0.05, 0) is 25.7 Å². The summed E-state index contributed by atoms with van der Waals surface area (Å²) in [5.74, 6) is -0.0669. The molecule has 0 aliphatic heterocycles. The fourth-order valence-electron chi connectivity index (χ4n) is 9.58. The molecule has 2 unspecified atom stereocenters. The van der Waals surface area contributed by atoms with Gasteiger partial charge < -0.3 is 20.3 Å². The number of unbranched alkanes of at least 4 members (excludes halogenated alkanes) is 45. The molecule has 0 aromatic rings. The Morgan fingerprint density at radius 1 is 0.369 bits per heavy atom. The highest BCUT2D eigenvalue weighted by Crippen LogP contribution is 2.18. The summed E-state index contributed by atoms with van der Waals surface area (Å²) in [6.07, 6.45) is 63.8. The van der Waals surface area contributed by atoms with Gasteiger partial charge in [0.05, 0.1) is 25.4 Å². The smallest absolute Gasteiger partial charge is 0.305 e. The summed E-state index contributed by atoms with van der Waals surface area (Å²) in [6.45, 7) is 4.94. The second-order valence-electron chi connectivity index (χ2n) is 20.7. The number of hydrogen-bond acceptors (Lipinski definition) is 5. The van der Waals surface area contributed by atoms with Crippen molar-refractivity contribution in [1.82, 2.24) is 5.32 Å². The maximum Gasteiger partial charge on any atom is 0.305 e. The predicted molar refractivity (Wildman–Crippen MR) is 283 cm³/mol. The number of ether oxygens (including phenoxy) is 1. The average Bonchev–Trinajstić information content (AvgIpc) is 3.31. The van der Waals surface area contributed by atoms with E-state index < -0.39 is 12.1 Å². The Labute approximate surface area is 406 Å². The summed E-state index contributed by atoms with van der Waals surface area (Å²) in [5, 5.41) is 23.3. The minimum Gasteiger partial charge on any atom is -0.466 e. The van der Waals surface area contributed by atoms with Crippen LogP contribution in [0.2, 0.25) is 0 Å². The third-order valence-electron chi connectivity index (χ3n) is 14.2. The van der Waals surface area contributed by atoms with Gasteiger partial charge in [0.1, 0.15) is 0 Å². The van der Waals surface area contributed by atoms with E-state index >= 15 is 0 Å². The molecule has 388 valence electrons. The van der Waals surface area contributed by atoms with Crippen LogP contribution in [0.4, 0.5) is 0 Å². The molecule has 0 saturated heterocycles. The topological polar surface area (TPSA) is 95.9 Å². The van der Waals surface area contributed by atoms with E-state index in [0.717, 1.165) is 57.8 Å². The predicted octanol–water partition coefficient (Wildman–Crippen LogP) is 18.3. The van der Waals surface area contributed by atoms with Crippen molar-refractivity contribution in [1.29, 1.82) is 0 Å². The van der Waals surface area contributed by atoms with E-state index in [9.17, 15) is 19.8 Å². The minimum atomic E-state index is -0.678. The molecule has 2 atom stereocenters. The van der Waals surface area contributed by atoms with Crippen LogP contribution in [0.5, 0.6) is 0 Å². The minimum absolute atomic E-state index is 0.0142. The van der Waals surface area contributed by atoms with Gasteiger partial charge in [0.15, 0.2) is 0 Å². The molecule has 6 nitrogen and oxygen atoms in total. The van der Waals surface area contributed by atoms with Crippen LogP contribution in [0, 0.1) is 0 Å². The number of esters is 1. The molecule has 0 saturated carbocycles. The highest BCUT2D eigenvalue weighted by molar-refractivity contribution is 5.76. The standard InChI is InChI=1S/C59H117NO5/c1-3-5-7-9-11-13-15-17-19-20-21-22-23-24-25-26-28-29-31-35-39-43-47-51-57(62)56(55-61)60-58(63)52-48-44-40-36-33-34-38-42-46-50-54-65-59(64)53-49-45-41-37-32-30-27-18-16-14-12-10-8-6-4-2/h56-57,61-62H,3-55H2,1-2H3,(H,60,63). The maximum atomic E-state index is 12.5. The van der Waals surface area contributed by atoms with Crippen LogP contribution < -0.4 is 5.32 Å². The van der Waals surface area contributed by atoms with Gasteiger partial charge in [-0.25, -0.2) is 0 Å². The van der Waals surface area contributed by atoms with E-state index in [0.29, 0.717) is 25.9 Å². The Bertz CT molecular complexity index is 928. The van der Waals surface area contributed by atoms with Crippen molar-refractivity contribution < 1.29 is 24.5 Å². The molecule has 0 radical (unpaired) electrons. The highest BCUT2D eigenvalue weighted by Gasteiger charge is 2.20. The molecule has 3 N–H and O–H groups in total. The van der Waals surface area contributed by atoms with Crippen molar-refractivity contribution >= 4 is 11.9 Å². The zero-order chi connectivity index (χ0) is 47.2. The lowest BCUT2D eigenvalue weighted by atomic mass is 10.0. The molecule has 0 aliphatic carbocycles. The fourth-order valence-corrected chi connectivity index (χ4v) is 9.58. The summed E-state index contributed by atoms with van der Waals surface area (Å²) in [6, 6.07) is -0.557. The van der Waals surface area contributed by atoms with E-state index in [4.69, 9.17) is 4.74 Å². The average molecular weight is 921 g/mol. The largest absolute Gasteiger partial charge is 0.466 e. The van der Waals surface area contributed by atoms with E-state index in [1.165, 1.54) is 250 Å². The van der Waals surface area contributed by atoms with E-state index in [1.807, 2.05) is 0 Å². The first-order valence-corrected chi connectivity index (χ1v) is 29.8. The van der Waals surface area contributed by atoms with Crippen molar-refractivity contribution in [3.05, 3.63) is 0 Å². The van der Waals surface area contributed by atoms with Crippen LogP contribution in [-0.2, 0) is 14.3 Å². The number of rotatable bonds is 56. The highest BCUT2D eigenvalue weighted by atomic mass is 16.5. The van der Waals surface area contributed by atoms with Gasteiger partial charge in [0.2, 0.25) is 5.91 Å². The first-order valence-electron chi connectivity index (χ1n) is 29.8. The number of aliphatic hydroxyl groups excluding tert-OH is 2. The zero-order valence-corrected chi connectivity index (χ0v) is 44.3. The molecule has 0 aromatic heterocycles. The lowest BCUT2D eigenvalue weighted by Crippen LogP contribution is -2.45. The summed E-state index contributed by atoms with van der Waals surface area (Å²) in [7, 11) is 0. The molecule has 6 heteroatoms. The van der Waals surface area contributed by atoms with E-state index in [1.54, 1.807) is 0 Å². The van der Waals surface area contributed by atoms with Gasteiger partial charge in [0.25, 0.3) is 0 Å². The SMILES string of the molecule is CCCCCCCCCCCCCCCCCCCCCCCCCC(O)C(CO)NC(=O)CCCCCCCCCCCCOC(=O)CCCCCCCCCCCCCCCCC. The lowest BCUT2D eigenvalue weighted by Gasteiger charge is -2.22. The van der Waals surface area contributed by atoms with Crippen molar-refractivity contribution in [2.75, 3.05) is 13.2 Å². The van der Waals surface area contributed by atoms with Crippen LogP contribution in [-0.4, -0.2) is 47.4 Å². The number of aliphatic hydroxyl groups is 2. The number of amides is 1. The molecule has 1 amide bonds. The molecular weight excluding hydrogens is 803 g/mol. The number of nitrogens with one attached hydrogen (secondary N) is 1. The van der Waals surface area contributed by atoms with Gasteiger partial charge in [0, 0.05) is 12.8 Å². The normalized spacial score (nSPS) is 12.5. The van der Waals surface area contributed by atoms with Crippen LogP contribution in [0.3, 0.4) is 0 Å². The summed E-state index contributed by atoms with van der Waals surface area (Å²) < 4.78 is 5.47. The molecule has 0 heterocycles. The molecular formula is C59H117NO5. The summed E-state index contributed by atoms with van der Waals surface area (Å²) in [5.41, 5.74) is 0. The van der Waals surface area contributed by atoms with Crippen LogP contribution in [0.25, 0.3) is 0 Å². The van der Waals surface area contributed by atoms with Crippen molar-refractivity contribution in [2.45, 2.75) is 353 Å². The number of carbonyl (C=O) groups is 2. The molecule has 0 spiro atoms. The third kappa shape index (κ3) is 52.1. The number of carbonyl (C=O) groups excluding carboxylic acids is 2. The van der Waals surface area contributed by atoms with Gasteiger partial charge in [-0.2, -0.15) is 0 Å².